The highest BCUT2D eigenvalue weighted by molar-refractivity contribution is 6.22. The lowest BCUT2D eigenvalue weighted by molar-refractivity contribution is -1.00. The predicted octanol–water partition coefficient (Wildman–Crippen LogP) is -0.167. The van der Waals surface area contributed by atoms with Crippen LogP contribution in [0.5, 0.6) is 0 Å². The summed E-state index contributed by atoms with van der Waals surface area (Å²) in [7, 11) is 2.25. The molecule has 1 fully saturated rings. The number of Topliss-reactive ketones (excluding diaryl/α,β-unsaturated/α-hetero) is 1. The summed E-state index contributed by atoms with van der Waals surface area (Å²) in [6.45, 7) is 5.56. The molecule has 112 valence electrons. The first-order valence-corrected chi connectivity index (χ1v) is 8.14. The van der Waals surface area contributed by atoms with E-state index in [1.165, 1.54) is 23.6 Å². The minimum atomic E-state index is 0.225. The molecule has 0 saturated carbocycles. The third-order valence-corrected chi connectivity index (χ3v) is 5.05. The molecule has 0 atom stereocenters. The summed E-state index contributed by atoms with van der Waals surface area (Å²) in [4.78, 5) is 16.0. The number of hydrogen-bond donors (Lipinski definition) is 2. The van der Waals surface area contributed by atoms with Crippen LogP contribution in [0, 0.1) is 0 Å². The van der Waals surface area contributed by atoms with E-state index in [0.29, 0.717) is 0 Å². The minimum Gasteiger partial charge on any atom is -0.328 e. The summed E-state index contributed by atoms with van der Waals surface area (Å²) >= 11 is 0. The van der Waals surface area contributed by atoms with Crippen molar-refractivity contribution >= 4 is 22.6 Å². The number of nitrogens with one attached hydrogen (secondary N) is 2. The van der Waals surface area contributed by atoms with E-state index in [0.717, 1.165) is 41.5 Å². The van der Waals surface area contributed by atoms with Crippen LogP contribution < -0.4 is 9.80 Å². The molecule has 3 nitrogen and oxygen atoms in total. The second kappa shape index (κ2) is 5.34. The fourth-order valence-corrected chi connectivity index (χ4v) is 3.71. The number of rotatable bonds is 2. The zero-order valence-corrected chi connectivity index (χ0v) is 13.0. The van der Waals surface area contributed by atoms with E-state index < -0.39 is 0 Å². The molecule has 22 heavy (non-hydrogen) atoms. The number of hydrogen-bond acceptors (Lipinski definition) is 1. The molecule has 2 aromatic rings. The van der Waals surface area contributed by atoms with Crippen LogP contribution in [-0.2, 0) is 0 Å². The quantitative estimate of drug-likeness (QED) is 0.790. The van der Waals surface area contributed by atoms with Gasteiger partial charge in [0.15, 0.2) is 5.78 Å². The standard InChI is InChI=1S/C19H20N2O/c1-20-8-10-21(11-9-20)13-16-12-15-6-2-4-14-5-3-7-17(18(14)15)19(16)22/h2-7,12H,8-11,13H2,1H3/p+2. The van der Waals surface area contributed by atoms with E-state index in [1.54, 1.807) is 4.90 Å². The SMILES string of the molecule is C[NH+]1CC[NH+](CC2=Cc3cccc4cccc(c34)C2=O)CC1. The molecule has 1 heterocycles. The van der Waals surface area contributed by atoms with Crippen molar-refractivity contribution in [2.45, 2.75) is 0 Å². The molecule has 2 aliphatic rings. The van der Waals surface area contributed by atoms with Crippen molar-refractivity contribution in [2.75, 3.05) is 39.8 Å². The Kier molecular flexibility index (Phi) is 3.32. The molecule has 0 aromatic heterocycles. The Bertz CT molecular complexity index is 765. The molecule has 1 saturated heterocycles. The van der Waals surface area contributed by atoms with Crippen molar-refractivity contribution < 1.29 is 14.6 Å². The van der Waals surface area contributed by atoms with Crippen LogP contribution in [0.1, 0.15) is 15.9 Å². The molecule has 0 unspecified atom stereocenters. The molecular weight excluding hydrogens is 272 g/mol. The second-order valence-corrected chi connectivity index (χ2v) is 6.63. The Balaban J connectivity index is 1.69. The fraction of sp³-hybridized carbons (Fsp3) is 0.316. The molecule has 1 aliphatic carbocycles. The van der Waals surface area contributed by atoms with Gasteiger partial charge >= 0.3 is 0 Å². The third-order valence-electron chi connectivity index (χ3n) is 5.05. The topological polar surface area (TPSA) is 26.0 Å². The molecule has 0 amide bonds. The summed E-state index contributed by atoms with van der Waals surface area (Å²) in [5.74, 6) is 0.225. The number of benzene rings is 2. The summed E-state index contributed by atoms with van der Waals surface area (Å²) in [6, 6.07) is 12.4. The molecule has 4 rings (SSSR count). The number of ketones is 1. The van der Waals surface area contributed by atoms with Crippen molar-refractivity contribution in [3.05, 3.63) is 53.1 Å². The fourth-order valence-electron chi connectivity index (χ4n) is 3.71. The second-order valence-electron chi connectivity index (χ2n) is 6.63. The van der Waals surface area contributed by atoms with Gasteiger partial charge in [-0.25, -0.2) is 0 Å². The van der Waals surface area contributed by atoms with Gasteiger partial charge in [0.25, 0.3) is 0 Å². The molecule has 0 bridgehead atoms. The molecule has 3 heteroatoms. The highest BCUT2D eigenvalue weighted by Crippen LogP contribution is 2.30. The Hall–Kier alpha value is -1.97. The van der Waals surface area contributed by atoms with Gasteiger partial charge in [0, 0.05) is 10.9 Å². The largest absolute Gasteiger partial charge is 0.328 e. The van der Waals surface area contributed by atoms with E-state index in [4.69, 9.17) is 0 Å². The van der Waals surface area contributed by atoms with E-state index in [9.17, 15) is 4.79 Å². The van der Waals surface area contributed by atoms with Crippen molar-refractivity contribution in [3.8, 4) is 0 Å². The monoisotopic (exact) mass is 294 g/mol. The predicted molar refractivity (Wildman–Crippen MR) is 88.4 cm³/mol. The van der Waals surface area contributed by atoms with Gasteiger partial charge in [-0.1, -0.05) is 36.4 Å². The maximum absolute atomic E-state index is 12.9. The van der Waals surface area contributed by atoms with E-state index in [2.05, 4.69) is 37.4 Å². The number of likely N-dealkylation sites (N-methyl/N-ethyl adjacent to an activating group) is 1. The zero-order valence-electron chi connectivity index (χ0n) is 13.0. The maximum atomic E-state index is 12.9. The molecule has 2 N–H and O–H groups in total. The summed E-state index contributed by atoms with van der Waals surface area (Å²) in [5.41, 5.74) is 3.05. The van der Waals surface area contributed by atoms with Gasteiger partial charge in [0.05, 0.1) is 12.6 Å². The van der Waals surface area contributed by atoms with Gasteiger partial charge in [-0.3, -0.25) is 4.79 Å². The van der Waals surface area contributed by atoms with Crippen LogP contribution in [0.4, 0.5) is 0 Å². The van der Waals surface area contributed by atoms with Crippen LogP contribution in [0.2, 0.25) is 0 Å². The van der Waals surface area contributed by atoms with Gasteiger partial charge in [-0.15, -0.1) is 0 Å². The first-order valence-electron chi connectivity index (χ1n) is 8.14. The first-order chi connectivity index (χ1) is 10.7. The lowest BCUT2D eigenvalue weighted by Crippen LogP contribution is -3.27. The van der Waals surface area contributed by atoms with Crippen LogP contribution in [-0.4, -0.2) is 45.6 Å². The third kappa shape index (κ3) is 2.27. The Labute approximate surface area is 130 Å². The van der Waals surface area contributed by atoms with Crippen LogP contribution in [0.25, 0.3) is 16.8 Å². The molecule has 1 aliphatic heterocycles. The maximum Gasteiger partial charge on any atom is 0.195 e. The van der Waals surface area contributed by atoms with Crippen LogP contribution in [0.15, 0.2) is 42.0 Å². The normalized spacial score (nSPS) is 24.4. The first kappa shape index (κ1) is 13.7. The minimum absolute atomic E-state index is 0.225. The number of carbonyl (C=O) groups excluding carboxylic acids is 1. The highest BCUT2D eigenvalue weighted by Gasteiger charge is 2.27. The van der Waals surface area contributed by atoms with Crippen molar-refractivity contribution in [1.29, 1.82) is 0 Å². The smallest absolute Gasteiger partial charge is 0.195 e. The number of piperazine rings is 1. The van der Waals surface area contributed by atoms with E-state index in [-0.39, 0.29) is 5.78 Å². The van der Waals surface area contributed by atoms with Gasteiger partial charge < -0.3 is 9.80 Å². The van der Waals surface area contributed by atoms with Gasteiger partial charge in [0.2, 0.25) is 0 Å². The Morgan fingerprint density at radius 3 is 2.50 bits per heavy atom. The summed E-state index contributed by atoms with van der Waals surface area (Å²) < 4.78 is 0. The van der Waals surface area contributed by atoms with Gasteiger partial charge in [0.1, 0.15) is 32.7 Å². The Morgan fingerprint density at radius 2 is 1.73 bits per heavy atom. The lowest BCUT2D eigenvalue weighted by Gasteiger charge is -2.28. The molecule has 0 radical (unpaired) electrons. The Morgan fingerprint density at radius 1 is 1.00 bits per heavy atom. The number of quaternary nitrogens is 2. The molecule has 2 aromatic carbocycles. The van der Waals surface area contributed by atoms with E-state index >= 15 is 0 Å². The molecular formula is C19H22N2O+2. The van der Waals surface area contributed by atoms with Crippen molar-refractivity contribution in [3.63, 3.8) is 0 Å². The molecule has 0 spiro atoms. The summed E-state index contributed by atoms with van der Waals surface area (Å²) in [6.07, 6.45) is 2.12. The average molecular weight is 294 g/mol. The summed E-state index contributed by atoms with van der Waals surface area (Å²) in [5, 5.41) is 2.28. The van der Waals surface area contributed by atoms with Crippen molar-refractivity contribution in [2.24, 2.45) is 0 Å². The zero-order chi connectivity index (χ0) is 15.1. The van der Waals surface area contributed by atoms with Crippen LogP contribution >= 0.6 is 0 Å². The van der Waals surface area contributed by atoms with Crippen LogP contribution in [0.3, 0.4) is 0 Å². The highest BCUT2D eigenvalue weighted by atomic mass is 16.1. The number of carbonyl (C=O) groups is 1. The average Bonchev–Trinajstić information content (AvgIpc) is 2.54. The van der Waals surface area contributed by atoms with E-state index in [1.807, 2.05) is 12.1 Å². The van der Waals surface area contributed by atoms with Gasteiger partial charge in [-0.05, 0) is 17.0 Å². The lowest BCUT2D eigenvalue weighted by atomic mass is 9.88. The van der Waals surface area contributed by atoms with Crippen molar-refractivity contribution in [1.82, 2.24) is 0 Å². The van der Waals surface area contributed by atoms with Gasteiger partial charge in [-0.2, -0.15) is 0 Å².